The highest BCUT2D eigenvalue weighted by molar-refractivity contribution is 6.53. The van der Waals surface area contributed by atoms with Crippen LogP contribution in [0.1, 0.15) is 38.6 Å². The van der Waals surface area contributed by atoms with E-state index < -0.39 is 9.75 Å². The maximum Gasteiger partial charge on any atom is 0.229 e. The van der Waals surface area contributed by atoms with Gasteiger partial charge < -0.3 is 10.2 Å². The molecule has 1 aromatic rings. The molecule has 24 heavy (non-hydrogen) atoms. The predicted octanol–water partition coefficient (Wildman–Crippen LogP) is 3.47. The number of halogens is 3. The van der Waals surface area contributed by atoms with E-state index >= 15 is 0 Å². The van der Waals surface area contributed by atoms with E-state index in [9.17, 15) is 4.79 Å². The van der Waals surface area contributed by atoms with Gasteiger partial charge in [0.1, 0.15) is 17.0 Å². The highest BCUT2D eigenvalue weighted by Crippen LogP contribution is 2.70. The van der Waals surface area contributed by atoms with Crippen LogP contribution in [0.15, 0.2) is 6.07 Å². The lowest BCUT2D eigenvalue weighted by atomic mass is 9.99. The average Bonchev–Trinajstić information content (AvgIpc) is 2.81. The van der Waals surface area contributed by atoms with E-state index in [1.807, 2.05) is 26.8 Å². The topological polar surface area (TPSA) is 67.0 Å². The fourth-order valence-corrected chi connectivity index (χ4v) is 4.29. The van der Waals surface area contributed by atoms with Crippen LogP contribution in [0.25, 0.3) is 0 Å². The van der Waals surface area contributed by atoms with Gasteiger partial charge >= 0.3 is 0 Å². The number of carbonyl (C=O) groups excluding carboxylic acids is 1. The molecule has 1 aromatic heterocycles. The van der Waals surface area contributed by atoms with Crippen LogP contribution in [-0.4, -0.2) is 27.6 Å². The molecule has 0 spiro atoms. The van der Waals surface area contributed by atoms with Gasteiger partial charge in [-0.1, -0.05) is 25.4 Å². The quantitative estimate of drug-likeness (QED) is 0.754. The number of aromatic nitrogens is 1. The van der Waals surface area contributed by atoms with Crippen LogP contribution in [0.5, 0.6) is 0 Å². The first-order valence-corrected chi connectivity index (χ1v) is 8.86. The summed E-state index contributed by atoms with van der Waals surface area (Å²) in [4.78, 5) is 18.2. The molecule has 1 aliphatic rings. The van der Waals surface area contributed by atoms with Crippen molar-refractivity contribution in [2.24, 2.45) is 11.3 Å². The van der Waals surface area contributed by atoms with Crippen molar-refractivity contribution in [3.05, 3.63) is 22.5 Å². The van der Waals surface area contributed by atoms with Gasteiger partial charge in [-0.2, -0.15) is 9.99 Å². The molecule has 0 bridgehead atoms. The number of carbonyl (C=O) groups is 1. The van der Waals surface area contributed by atoms with Crippen molar-refractivity contribution in [3.8, 4) is 6.07 Å². The van der Waals surface area contributed by atoms with Gasteiger partial charge in [-0.05, 0) is 26.3 Å². The number of nitrogens with one attached hydrogen (secondary N) is 1. The third-order valence-electron chi connectivity index (χ3n) is 4.84. The fourth-order valence-electron chi connectivity index (χ4n) is 3.08. The number of amides is 1. The maximum atomic E-state index is 12.6. The van der Waals surface area contributed by atoms with E-state index in [-0.39, 0.29) is 24.5 Å². The minimum Gasteiger partial charge on any atom is -0.411 e. The fraction of sp³-hybridized carbons (Fsp3) is 0.625. The summed E-state index contributed by atoms with van der Waals surface area (Å²) in [7, 11) is 0. The van der Waals surface area contributed by atoms with E-state index in [0.717, 1.165) is 0 Å². The second-order valence-electron chi connectivity index (χ2n) is 6.21. The van der Waals surface area contributed by atoms with Gasteiger partial charge in [0.15, 0.2) is 5.69 Å². The zero-order valence-corrected chi connectivity index (χ0v) is 16.3. The molecule has 1 heterocycles. The standard InChI is InChI=1S/C16H20Cl3N3O2/c1-5-15(11(4)16(15,18)19)14(23)21-9(2)8-24-22-10(3)13(17)6-12(22)7-20/h6,9,11H,5,8H2,1-4H3,(H,21,23)/t9-,11+,15+/m1/s1. The first-order valence-electron chi connectivity index (χ1n) is 7.73. The molecule has 1 saturated carbocycles. The summed E-state index contributed by atoms with van der Waals surface area (Å²) in [5, 5.41) is 12.4. The molecule has 1 aliphatic carbocycles. The lowest BCUT2D eigenvalue weighted by Gasteiger charge is -2.21. The van der Waals surface area contributed by atoms with E-state index in [1.54, 1.807) is 6.92 Å². The van der Waals surface area contributed by atoms with Gasteiger partial charge in [-0.25, -0.2) is 0 Å². The Morgan fingerprint density at radius 2 is 2.17 bits per heavy atom. The highest BCUT2D eigenvalue weighted by Gasteiger charge is 2.76. The van der Waals surface area contributed by atoms with Gasteiger partial charge in [-0.15, -0.1) is 23.2 Å². The SMILES string of the molecule is CC[C@@]1(C(=O)N[C@H](C)COn2c(C#N)cc(Cl)c2C)[C@H](C)C1(Cl)Cl. The molecular formula is C16H20Cl3N3O2. The molecule has 8 heteroatoms. The third kappa shape index (κ3) is 2.85. The normalized spacial score (nSPS) is 25.7. The number of hydrogen-bond donors (Lipinski definition) is 1. The Bertz CT molecular complexity index is 695. The predicted molar refractivity (Wildman–Crippen MR) is 94.3 cm³/mol. The summed E-state index contributed by atoms with van der Waals surface area (Å²) in [6, 6.07) is 3.26. The number of nitrogens with zero attached hydrogens (tertiary/aromatic N) is 2. The molecule has 1 fully saturated rings. The minimum atomic E-state index is -1.04. The summed E-state index contributed by atoms with van der Waals surface area (Å²) >= 11 is 18.5. The third-order valence-corrected chi connectivity index (χ3v) is 6.55. The van der Waals surface area contributed by atoms with E-state index in [0.29, 0.717) is 22.8 Å². The van der Waals surface area contributed by atoms with Gasteiger partial charge in [0.25, 0.3) is 0 Å². The number of hydrogen-bond acceptors (Lipinski definition) is 3. The number of alkyl halides is 2. The van der Waals surface area contributed by atoms with Crippen LogP contribution in [0.4, 0.5) is 0 Å². The monoisotopic (exact) mass is 391 g/mol. The smallest absolute Gasteiger partial charge is 0.229 e. The molecule has 2 rings (SSSR count). The van der Waals surface area contributed by atoms with Crippen LogP contribution >= 0.6 is 34.8 Å². The van der Waals surface area contributed by atoms with Crippen molar-refractivity contribution in [1.82, 2.24) is 10.0 Å². The van der Waals surface area contributed by atoms with Crippen molar-refractivity contribution in [3.63, 3.8) is 0 Å². The van der Waals surface area contributed by atoms with Crippen molar-refractivity contribution < 1.29 is 9.63 Å². The highest BCUT2D eigenvalue weighted by atomic mass is 35.5. The molecule has 5 nitrogen and oxygen atoms in total. The van der Waals surface area contributed by atoms with E-state index in [2.05, 4.69) is 5.32 Å². The van der Waals surface area contributed by atoms with Crippen LogP contribution in [-0.2, 0) is 4.79 Å². The molecular weight excluding hydrogens is 373 g/mol. The molecule has 3 atom stereocenters. The second kappa shape index (κ2) is 6.67. The number of nitriles is 1. The maximum absolute atomic E-state index is 12.6. The lowest BCUT2D eigenvalue weighted by Crippen LogP contribution is -2.44. The minimum absolute atomic E-state index is 0.109. The van der Waals surface area contributed by atoms with Crippen molar-refractivity contribution in [2.45, 2.75) is 44.5 Å². The summed E-state index contributed by atoms with van der Waals surface area (Å²) in [6.45, 7) is 7.51. The van der Waals surface area contributed by atoms with Gasteiger partial charge in [0, 0.05) is 5.92 Å². The summed E-state index contributed by atoms with van der Waals surface area (Å²) in [5.41, 5.74) is 0.167. The Morgan fingerprint density at radius 1 is 1.58 bits per heavy atom. The largest absolute Gasteiger partial charge is 0.411 e. The molecule has 132 valence electrons. The Hall–Kier alpha value is -1.09. The zero-order chi connectivity index (χ0) is 18.3. The van der Waals surface area contributed by atoms with Crippen LogP contribution < -0.4 is 10.2 Å². The lowest BCUT2D eigenvalue weighted by molar-refractivity contribution is -0.128. The van der Waals surface area contributed by atoms with Crippen LogP contribution in [0.2, 0.25) is 5.02 Å². The molecule has 0 unspecified atom stereocenters. The Labute approximate surface area is 156 Å². The van der Waals surface area contributed by atoms with Crippen molar-refractivity contribution in [1.29, 1.82) is 5.26 Å². The van der Waals surface area contributed by atoms with Crippen LogP contribution in [0, 0.1) is 29.6 Å². The zero-order valence-electron chi connectivity index (χ0n) is 14.0. The Morgan fingerprint density at radius 3 is 2.62 bits per heavy atom. The molecule has 0 aliphatic heterocycles. The molecule has 1 N–H and O–H groups in total. The number of rotatable bonds is 6. The first-order chi connectivity index (χ1) is 11.1. The molecule has 0 saturated heterocycles. The van der Waals surface area contributed by atoms with Gasteiger partial charge in [0.05, 0.1) is 22.2 Å². The van der Waals surface area contributed by atoms with Gasteiger partial charge in [-0.3, -0.25) is 4.79 Å². The van der Waals surface area contributed by atoms with Crippen molar-refractivity contribution >= 4 is 40.7 Å². The first kappa shape index (κ1) is 19.2. The van der Waals surface area contributed by atoms with Crippen LogP contribution in [0.3, 0.4) is 0 Å². The molecule has 1 amide bonds. The summed E-state index contributed by atoms with van der Waals surface area (Å²) < 4.78 is 0.332. The Balaban J connectivity index is 1.99. The van der Waals surface area contributed by atoms with E-state index in [1.165, 1.54) is 10.8 Å². The van der Waals surface area contributed by atoms with Gasteiger partial charge in [0.2, 0.25) is 5.91 Å². The molecule has 0 radical (unpaired) electrons. The summed E-state index contributed by atoms with van der Waals surface area (Å²) in [6.07, 6.45) is 0.561. The molecule has 0 aromatic carbocycles. The summed E-state index contributed by atoms with van der Waals surface area (Å²) in [5.74, 6) is -0.288. The van der Waals surface area contributed by atoms with E-state index in [4.69, 9.17) is 44.9 Å². The van der Waals surface area contributed by atoms with Crippen molar-refractivity contribution in [2.75, 3.05) is 6.61 Å². The Kier molecular flexibility index (Phi) is 5.34. The average molecular weight is 393 g/mol. The second-order valence-corrected chi connectivity index (χ2v) is 8.00.